The Balaban J connectivity index is 1.93. The second kappa shape index (κ2) is 6.66. The molecule has 1 aliphatic carbocycles. The Bertz CT molecular complexity index is 583. The second-order valence-electron chi connectivity index (χ2n) is 6.67. The lowest BCUT2D eigenvalue weighted by molar-refractivity contribution is 0.120. The number of fused-ring (bicyclic) bond motifs is 1. The molecule has 0 amide bonds. The van der Waals surface area contributed by atoms with E-state index < -0.39 is 0 Å². The lowest BCUT2D eigenvalue weighted by Crippen LogP contribution is -2.22. The van der Waals surface area contributed by atoms with Gasteiger partial charge in [0.05, 0.1) is 11.7 Å². The van der Waals surface area contributed by atoms with Gasteiger partial charge in [-0.15, -0.1) is 0 Å². The highest BCUT2D eigenvalue weighted by molar-refractivity contribution is 5.60. The van der Waals surface area contributed by atoms with Crippen molar-refractivity contribution >= 4 is 5.82 Å². The Hall–Kier alpha value is -1.60. The molecule has 4 nitrogen and oxygen atoms in total. The molecule has 3 rings (SSSR count). The molecule has 0 aromatic carbocycles. The minimum Gasteiger partial charge on any atom is -0.376 e. The maximum absolute atomic E-state index is 9.63. The molecule has 0 spiro atoms. The molecule has 4 heteroatoms. The van der Waals surface area contributed by atoms with Gasteiger partial charge in [-0.25, -0.2) is 4.98 Å². The van der Waals surface area contributed by atoms with Gasteiger partial charge in [-0.2, -0.15) is 5.26 Å². The van der Waals surface area contributed by atoms with Crippen molar-refractivity contribution < 1.29 is 4.74 Å². The standard InChI is InChI=1S/C18H25N3O/c1-12(2)17-15-8-4-3-7-14(15)16(10-19)18(21-17)20-11-13-6-5-9-22-13/h12-13H,3-9,11H2,1-2H3,(H,20,21)/t13-/m1/s1. The van der Waals surface area contributed by atoms with Crippen molar-refractivity contribution in [2.75, 3.05) is 18.5 Å². The molecule has 0 saturated carbocycles. The van der Waals surface area contributed by atoms with Crippen LogP contribution >= 0.6 is 0 Å². The number of pyridine rings is 1. The van der Waals surface area contributed by atoms with Gasteiger partial charge in [-0.3, -0.25) is 0 Å². The Morgan fingerprint density at radius 2 is 2.05 bits per heavy atom. The zero-order valence-electron chi connectivity index (χ0n) is 13.6. The molecule has 0 radical (unpaired) electrons. The van der Waals surface area contributed by atoms with Crippen LogP contribution < -0.4 is 5.32 Å². The number of anilines is 1. The SMILES string of the molecule is CC(C)c1nc(NC[C@H]2CCCO2)c(C#N)c2c1CCCC2. The number of nitrogens with one attached hydrogen (secondary N) is 1. The van der Waals surface area contributed by atoms with E-state index in [0.717, 1.165) is 50.2 Å². The molecule has 118 valence electrons. The summed E-state index contributed by atoms with van der Waals surface area (Å²) < 4.78 is 5.67. The zero-order valence-corrected chi connectivity index (χ0v) is 13.6. The first-order chi connectivity index (χ1) is 10.7. The van der Waals surface area contributed by atoms with Crippen molar-refractivity contribution in [2.45, 2.75) is 64.4 Å². The minimum absolute atomic E-state index is 0.256. The lowest BCUT2D eigenvalue weighted by atomic mass is 9.85. The summed E-state index contributed by atoms with van der Waals surface area (Å²) in [6.45, 7) is 5.98. The summed E-state index contributed by atoms with van der Waals surface area (Å²) in [5.74, 6) is 1.16. The molecule has 2 heterocycles. The Kier molecular flexibility index (Phi) is 4.63. The number of nitriles is 1. The smallest absolute Gasteiger partial charge is 0.144 e. The fraction of sp³-hybridized carbons (Fsp3) is 0.667. The van der Waals surface area contributed by atoms with Crippen LogP contribution in [0.1, 0.15) is 67.8 Å². The van der Waals surface area contributed by atoms with Gasteiger partial charge in [0.1, 0.15) is 11.9 Å². The van der Waals surface area contributed by atoms with Crippen LogP contribution in [0.3, 0.4) is 0 Å². The second-order valence-corrected chi connectivity index (χ2v) is 6.67. The first-order valence-corrected chi connectivity index (χ1v) is 8.52. The van der Waals surface area contributed by atoms with Crippen molar-refractivity contribution in [3.63, 3.8) is 0 Å². The van der Waals surface area contributed by atoms with E-state index in [0.29, 0.717) is 5.92 Å². The molecule has 1 fully saturated rings. The van der Waals surface area contributed by atoms with E-state index >= 15 is 0 Å². The highest BCUT2D eigenvalue weighted by Crippen LogP contribution is 2.33. The van der Waals surface area contributed by atoms with Gasteiger partial charge >= 0.3 is 0 Å². The number of hydrogen-bond donors (Lipinski definition) is 1. The van der Waals surface area contributed by atoms with Crippen LogP contribution in [0, 0.1) is 11.3 Å². The van der Waals surface area contributed by atoms with E-state index in [1.165, 1.54) is 29.7 Å². The fourth-order valence-electron chi connectivity index (χ4n) is 3.59. The van der Waals surface area contributed by atoms with Crippen molar-refractivity contribution in [2.24, 2.45) is 0 Å². The molecule has 1 aliphatic heterocycles. The Morgan fingerprint density at radius 1 is 1.27 bits per heavy atom. The number of ether oxygens (including phenoxy) is 1. The van der Waals surface area contributed by atoms with Gasteiger partial charge < -0.3 is 10.1 Å². The van der Waals surface area contributed by atoms with Gasteiger partial charge in [0.2, 0.25) is 0 Å². The molecule has 0 unspecified atom stereocenters. The van der Waals surface area contributed by atoms with Gasteiger partial charge in [0.15, 0.2) is 0 Å². The van der Waals surface area contributed by atoms with Crippen molar-refractivity contribution in [3.05, 3.63) is 22.4 Å². The third-order valence-electron chi connectivity index (χ3n) is 4.73. The van der Waals surface area contributed by atoms with Gasteiger partial charge in [-0.1, -0.05) is 13.8 Å². The van der Waals surface area contributed by atoms with Crippen LogP contribution in [0.5, 0.6) is 0 Å². The van der Waals surface area contributed by atoms with E-state index in [1.807, 2.05) is 0 Å². The van der Waals surface area contributed by atoms with Gasteiger partial charge in [0.25, 0.3) is 0 Å². The number of hydrogen-bond acceptors (Lipinski definition) is 4. The third-order valence-corrected chi connectivity index (χ3v) is 4.73. The number of nitrogens with zero attached hydrogens (tertiary/aromatic N) is 2. The minimum atomic E-state index is 0.256. The van der Waals surface area contributed by atoms with Crippen molar-refractivity contribution in [3.8, 4) is 6.07 Å². The molecule has 1 N–H and O–H groups in total. The van der Waals surface area contributed by atoms with Crippen molar-refractivity contribution in [1.29, 1.82) is 5.26 Å². The van der Waals surface area contributed by atoms with E-state index in [2.05, 4.69) is 25.2 Å². The summed E-state index contributed by atoms with van der Waals surface area (Å²) in [7, 11) is 0. The Labute approximate surface area is 132 Å². The number of aromatic nitrogens is 1. The first-order valence-electron chi connectivity index (χ1n) is 8.52. The summed E-state index contributed by atoms with van der Waals surface area (Å²) in [5, 5.41) is 13.0. The molecule has 1 aromatic rings. The van der Waals surface area contributed by atoms with E-state index in [9.17, 15) is 5.26 Å². The largest absolute Gasteiger partial charge is 0.376 e. The van der Waals surface area contributed by atoms with Gasteiger partial charge in [-0.05, 0) is 55.6 Å². The Morgan fingerprint density at radius 3 is 2.68 bits per heavy atom. The molecular formula is C18H25N3O. The average Bonchev–Trinajstić information content (AvgIpc) is 3.04. The topological polar surface area (TPSA) is 57.9 Å². The van der Waals surface area contributed by atoms with E-state index in [4.69, 9.17) is 9.72 Å². The predicted molar refractivity (Wildman–Crippen MR) is 87.1 cm³/mol. The molecule has 0 bridgehead atoms. The van der Waals surface area contributed by atoms with Crippen LogP contribution in [0.25, 0.3) is 0 Å². The van der Waals surface area contributed by atoms with Gasteiger partial charge in [0, 0.05) is 18.8 Å². The quantitative estimate of drug-likeness (QED) is 0.923. The van der Waals surface area contributed by atoms with Crippen molar-refractivity contribution in [1.82, 2.24) is 4.98 Å². The maximum Gasteiger partial charge on any atom is 0.144 e. The molecule has 1 aromatic heterocycles. The summed E-state index contributed by atoms with van der Waals surface area (Å²) in [6, 6.07) is 2.40. The summed E-state index contributed by atoms with van der Waals surface area (Å²) >= 11 is 0. The monoisotopic (exact) mass is 299 g/mol. The highest BCUT2D eigenvalue weighted by atomic mass is 16.5. The van der Waals surface area contributed by atoms with Crippen LogP contribution in [0.4, 0.5) is 5.82 Å². The van der Waals surface area contributed by atoms with Crippen LogP contribution in [-0.4, -0.2) is 24.2 Å². The van der Waals surface area contributed by atoms with Crippen LogP contribution in [0.2, 0.25) is 0 Å². The normalized spacial score (nSPS) is 20.7. The van der Waals surface area contributed by atoms with E-state index in [1.54, 1.807) is 0 Å². The summed E-state index contributed by atoms with van der Waals surface area (Å²) in [5.41, 5.74) is 4.50. The lowest BCUT2D eigenvalue weighted by Gasteiger charge is -2.24. The maximum atomic E-state index is 9.63. The molecular weight excluding hydrogens is 274 g/mol. The molecule has 1 atom stereocenters. The summed E-state index contributed by atoms with van der Waals surface area (Å²) in [6.07, 6.45) is 6.94. The zero-order chi connectivity index (χ0) is 15.5. The average molecular weight is 299 g/mol. The van der Waals surface area contributed by atoms with Crippen LogP contribution in [0.15, 0.2) is 0 Å². The van der Waals surface area contributed by atoms with E-state index in [-0.39, 0.29) is 6.10 Å². The number of rotatable bonds is 4. The molecule has 22 heavy (non-hydrogen) atoms. The third kappa shape index (κ3) is 2.96. The van der Waals surface area contributed by atoms with Crippen LogP contribution in [-0.2, 0) is 17.6 Å². The highest BCUT2D eigenvalue weighted by Gasteiger charge is 2.24. The molecule has 2 aliphatic rings. The first kappa shape index (κ1) is 15.3. The fourth-order valence-corrected chi connectivity index (χ4v) is 3.59. The predicted octanol–water partition coefficient (Wildman–Crippen LogP) is 3.55. The summed E-state index contributed by atoms with van der Waals surface area (Å²) in [4.78, 5) is 4.83. The molecule has 1 saturated heterocycles.